The van der Waals surface area contributed by atoms with Crippen LogP contribution in [0.1, 0.15) is 40.0 Å². The third kappa shape index (κ3) is 2.29. The molecule has 3 N–H and O–H groups in total. The van der Waals surface area contributed by atoms with Gasteiger partial charge in [0.1, 0.15) is 11.9 Å². The zero-order chi connectivity index (χ0) is 18.7. The molecule has 0 heterocycles. The molecule has 1 saturated carbocycles. The average Bonchev–Trinajstić information content (AvgIpc) is 2.56. The average molecular weight is 346 g/mol. The molecule has 5 heteroatoms. The van der Waals surface area contributed by atoms with Crippen LogP contribution in [0.5, 0.6) is 0 Å². The van der Waals surface area contributed by atoms with Crippen LogP contribution in [0.3, 0.4) is 0 Å². The molecule has 0 aliphatic heterocycles. The highest BCUT2D eigenvalue weighted by Crippen LogP contribution is 2.58. The second-order valence-electron chi connectivity index (χ2n) is 8.02. The van der Waals surface area contributed by atoms with E-state index in [0.717, 1.165) is 6.42 Å². The van der Waals surface area contributed by atoms with E-state index in [0.29, 0.717) is 12.3 Å². The molecule has 0 aromatic heterocycles. The monoisotopic (exact) mass is 346 g/mol. The van der Waals surface area contributed by atoms with Crippen molar-refractivity contribution in [2.45, 2.75) is 52.2 Å². The highest BCUT2D eigenvalue weighted by Gasteiger charge is 2.59. The van der Waals surface area contributed by atoms with Gasteiger partial charge in [-0.2, -0.15) is 0 Å². The number of aliphatic hydroxyl groups excluding tert-OH is 3. The lowest BCUT2D eigenvalue weighted by Crippen LogP contribution is -2.58. The van der Waals surface area contributed by atoms with Crippen molar-refractivity contribution in [3.8, 4) is 0 Å². The molecule has 3 aliphatic carbocycles. The lowest BCUT2D eigenvalue weighted by molar-refractivity contribution is -0.138. The number of allylic oxidation sites excluding steroid dienone is 3. The van der Waals surface area contributed by atoms with Crippen LogP contribution in [0, 0.1) is 23.2 Å². The number of hydrogen-bond donors (Lipinski definition) is 3. The molecule has 136 valence electrons. The second-order valence-corrected chi connectivity index (χ2v) is 8.02. The highest BCUT2D eigenvalue weighted by atomic mass is 16.3. The molecule has 0 amide bonds. The molecular weight excluding hydrogens is 320 g/mol. The molecule has 0 saturated heterocycles. The van der Waals surface area contributed by atoms with Crippen molar-refractivity contribution >= 4 is 11.6 Å². The van der Waals surface area contributed by atoms with Crippen LogP contribution in [0.15, 0.2) is 35.1 Å². The van der Waals surface area contributed by atoms with Crippen molar-refractivity contribution in [2.75, 3.05) is 0 Å². The molecule has 25 heavy (non-hydrogen) atoms. The number of aliphatic hydroxyl groups is 3. The van der Waals surface area contributed by atoms with Crippen LogP contribution < -0.4 is 0 Å². The van der Waals surface area contributed by atoms with Crippen LogP contribution >= 0.6 is 0 Å². The Morgan fingerprint density at radius 3 is 2.48 bits per heavy atom. The molecule has 0 radical (unpaired) electrons. The van der Waals surface area contributed by atoms with Gasteiger partial charge in [0.2, 0.25) is 11.6 Å². The van der Waals surface area contributed by atoms with Gasteiger partial charge in [-0.05, 0) is 31.1 Å². The summed E-state index contributed by atoms with van der Waals surface area (Å²) in [6.45, 7) is 9.54. The fourth-order valence-corrected chi connectivity index (χ4v) is 5.19. The summed E-state index contributed by atoms with van der Waals surface area (Å²) < 4.78 is 0. The van der Waals surface area contributed by atoms with E-state index in [4.69, 9.17) is 0 Å². The van der Waals surface area contributed by atoms with E-state index < -0.39 is 29.2 Å². The maximum atomic E-state index is 12.9. The molecule has 6 atom stereocenters. The normalized spacial score (nSPS) is 41.6. The predicted molar refractivity (Wildman–Crippen MR) is 92.7 cm³/mol. The molecule has 0 bridgehead atoms. The largest absolute Gasteiger partial charge is 0.507 e. The van der Waals surface area contributed by atoms with E-state index in [1.807, 2.05) is 13.8 Å². The Kier molecular flexibility index (Phi) is 4.28. The zero-order valence-corrected chi connectivity index (χ0v) is 15.0. The Balaban J connectivity index is 2.27. The van der Waals surface area contributed by atoms with Gasteiger partial charge in [-0.15, -0.1) is 6.58 Å². The standard InChI is InChI=1S/C20H26O5/c1-5-6-11-15(21)12-14(19(25)16(11)22)20(4)8-7-9(2)10(3)13(20)18(24)17(12)23/h5,9-10,13,17-18,21,23-24H,1,6-8H2,2-4H3/t9-,10+,13?,17+,18+,20+/m1/s1. The first-order chi connectivity index (χ1) is 11.7. The minimum absolute atomic E-state index is 0.0365. The van der Waals surface area contributed by atoms with Gasteiger partial charge in [-0.3, -0.25) is 9.59 Å². The summed E-state index contributed by atoms with van der Waals surface area (Å²) in [6, 6.07) is 0. The first-order valence-corrected chi connectivity index (χ1v) is 8.90. The second kappa shape index (κ2) is 5.92. The summed E-state index contributed by atoms with van der Waals surface area (Å²) in [5.41, 5.74) is -0.552. The van der Waals surface area contributed by atoms with Crippen molar-refractivity contribution < 1.29 is 24.9 Å². The van der Waals surface area contributed by atoms with Gasteiger partial charge in [0.15, 0.2) is 0 Å². The number of Topliss-reactive ketones (excluding diaryl/α,β-unsaturated/α-hetero) is 2. The third-order valence-electron chi connectivity index (χ3n) is 6.74. The van der Waals surface area contributed by atoms with Crippen LogP contribution in [0.4, 0.5) is 0 Å². The van der Waals surface area contributed by atoms with E-state index in [1.165, 1.54) is 6.08 Å². The number of rotatable bonds is 2. The number of fused-ring (bicyclic) bond motifs is 2. The first kappa shape index (κ1) is 18.1. The SMILES string of the molecule is C=CCC1=C(O)C2=C(C(=O)C1=O)[C@@]1(C)CC[C@@H](C)[C@H](C)C1[C@H](O)[C@H]2O. The smallest absolute Gasteiger partial charge is 0.233 e. The Labute approximate surface area is 147 Å². The molecule has 3 rings (SSSR count). The van der Waals surface area contributed by atoms with Crippen molar-refractivity contribution in [2.24, 2.45) is 23.2 Å². The van der Waals surface area contributed by atoms with Crippen molar-refractivity contribution in [3.63, 3.8) is 0 Å². The van der Waals surface area contributed by atoms with E-state index in [1.54, 1.807) is 0 Å². The minimum atomic E-state index is -1.38. The van der Waals surface area contributed by atoms with E-state index >= 15 is 0 Å². The summed E-state index contributed by atoms with van der Waals surface area (Å²) in [5.74, 6) is -1.67. The molecule has 0 spiro atoms. The quantitative estimate of drug-likeness (QED) is 0.405. The molecule has 0 aromatic carbocycles. The lowest BCUT2D eigenvalue weighted by Gasteiger charge is -2.55. The minimum Gasteiger partial charge on any atom is -0.507 e. The maximum absolute atomic E-state index is 12.9. The van der Waals surface area contributed by atoms with Crippen LogP contribution in [-0.2, 0) is 9.59 Å². The van der Waals surface area contributed by atoms with Crippen molar-refractivity contribution in [1.82, 2.24) is 0 Å². The fraction of sp³-hybridized carbons (Fsp3) is 0.600. The number of hydrogen-bond acceptors (Lipinski definition) is 5. The van der Waals surface area contributed by atoms with Gasteiger partial charge >= 0.3 is 0 Å². The lowest BCUT2D eigenvalue weighted by atomic mass is 9.50. The highest BCUT2D eigenvalue weighted by molar-refractivity contribution is 6.50. The number of carbonyl (C=O) groups excluding carboxylic acids is 2. The number of ketones is 2. The molecule has 0 aromatic rings. The van der Waals surface area contributed by atoms with Crippen LogP contribution in [0.2, 0.25) is 0 Å². The van der Waals surface area contributed by atoms with Gasteiger partial charge < -0.3 is 15.3 Å². The molecule has 5 nitrogen and oxygen atoms in total. The van der Waals surface area contributed by atoms with Crippen molar-refractivity contribution in [3.05, 3.63) is 35.1 Å². The van der Waals surface area contributed by atoms with Gasteiger partial charge in [-0.1, -0.05) is 26.8 Å². The Morgan fingerprint density at radius 2 is 1.88 bits per heavy atom. The van der Waals surface area contributed by atoms with Gasteiger partial charge in [0.05, 0.1) is 6.10 Å². The van der Waals surface area contributed by atoms with Crippen LogP contribution in [0.25, 0.3) is 0 Å². The number of carbonyl (C=O) groups is 2. The van der Waals surface area contributed by atoms with E-state index in [9.17, 15) is 24.9 Å². The first-order valence-electron chi connectivity index (χ1n) is 8.90. The topological polar surface area (TPSA) is 94.8 Å². The summed E-state index contributed by atoms with van der Waals surface area (Å²) in [5, 5.41) is 32.1. The molecular formula is C20H26O5. The third-order valence-corrected chi connectivity index (χ3v) is 6.74. The predicted octanol–water partition coefficient (Wildman–Crippen LogP) is 2.25. The van der Waals surface area contributed by atoms with Crippen molar-refractivity contribution in [1.29, 1.82) is 0 Å². The fourth-order valence-electron chi connectivity index (χ4n) is 5.19. The van der Waals surface area contributed by atoms with Gasteiger partial charge in [0.25, 0.3) is 0 Å². The maximum Gasteiger partial charge on any atom is 0.233 e. The van der Waals surface area contributed by atoms with Gasteiger partial charge in [0, 0.05) is 28.1 Å². The Morgan fingerprint density at radius 1 is 1.24 bits per heavy atom. The molecule has 3 aliphatic rings. The van der Waals surface area contributed by atoms with Crippen LogP contribution in [-0.4, -0.2) is 39.1 Å². The van der Waals surface area contributed by atoms with E-state index in [-0.39, 0.29) is 40.7 Å². The van der Waals surface area contributed by atoms with Gasteiger partial charge in [-0.25, -0.2) is 0 Å². The summed E-state index contributed by atoms with van der Waals surface area (Å²) in [4.78, 5) is 25.4. The zero-order valence-electron chi connectivity index (χ0n) is 15.0. The summed E-state index contributed by atoms with van der Waals surface area (Å²) >= 11 is 0. The van der Waals surface area contributed by atoms with E-state index in [2.05, 4.69) is 13.5 Å². The summed E-state index contributed by atoms with van der Waals surface area (Å²) in [7, 11) is 0. The Hall–Kier alpha value is -1.72. The molecule has 1 fully saturated rings. The molecule has 1 unspecified atom stereocenters. The summed E-state index contributed by atoms with van der Waals surface area (Å²) in [6.07, 6.45) is 0.507. The Bertz CT molecular complexity index is 716.